The Kier molecular flexibility index (Phi) is 3.45. The Labute approximate surface area is 107 Å². The Balaban J connectivity index is 2.21. The molecule has 0 radical (unpaired) electrons. The SMILES string of the molecule is O=C1CCC(C(=O)c2ccc(Cl)c(Br)c2)C1. The van der Waals surface area contributed by atoms with E-state index in [9.17, 15) is 9.59 Å². The molecule has 16 heavy (non-hydrogen) atoms. The van der Waals surface area contributed by atoms with Gasteiger partial charge in [-0.3, -0.25) is 9.59 Å². The van der Waals surface area contributed by atoms with E-state index in [1.165, 1.54) is 0 Å². The molecule has 1 atom stereocenters. The monoisotopic (exact) mass is 300 g/mol. The van der Waals surface area contributed by atoms with Crippen LogP contribution >= 0.6 is 27.5 Å². The summed E-state index contributed by atoms with van der Waals surface area (Å²) in [5, 5.41) is 0.582. The van der Waals surface area contributed by atoms with Crippen molar-refractivity contribution in [3.05, 3.63) is 33.3 Å². The zero-order valence-corrected chi connectivity index (χ0v) is 10.8. The van der Waals surface area contributed by atoms with Gasteiger partial charge < -0.3 is 0 Å². The van der Waals surface area contributed by atoms with E-state index in [1.54, 1.807) is 18.2 Å². The molecule has 0 saturated heterocycles. The van der Waals surface area contributed by atoms with Gasteiger partial charge in [0.25, 0.3) is 0 Å². The Morgan fingerprint density at radius 1 is 1.44 bits per heavy atom. The highest BCUT2D eigenvalue weighted by molar-refractivity contribution is 9.10. The smallest absolute Gasteiger partial charge is 0.166 e. The highest BCUT2D eigenvalue weighted by Gasteiger charge is 2.28. The third-order valence-corrected chi connectivity index (χ3v) is 4.03. The number of Topliss-reactive ketones (excluding diaryl/α,β-unsaturated/α-hetero) is 2. The minimum absolute atomic E-state index is 0.0446. The topological polar surface area (TPSA) is 34.1 Å². The molecule has 2 nitrogen and oxygen atoms in total. The second-order valence-electron chi connectivity index (χ2n) is 3.97. The molecule has 0 aliphatic heterocycles. The molecule has 0 bridgehead atoms. The maximum atomic E-state index is 12.0. The van der Waals surface area contributed by atoms with Gasteiger partial charge in [-0.1, -0.05) is 11.6 Å². The first-order valence-electron chi connectivity index (χ1n) is 5.09. The molecule has 84 valence electrons. The summed E-state index contributed by atoms with van der Waals surface area (Å²) in [4.78, 5) is 23.2. The molecule has 1 aromatic rings. The van der Waals surface area contributed by atoms with Crippen LogP contribution in [-0.4, -0.2) is 11.6 Å². The van der Waals surface area contributed by atoms with Gasteiger partial charge in [0, 0.05) is 28.8 Å². The molecule has 0 aromatic heterocycles. The quantitative estimate of drug-likeness (QED) is 0.781. The van der Waals surface area contributed by atoms with Gasteiger partial charge in [-0.25, -0.2) is 0 Å². The molecular weight excluding hydrogens is 291 g/mol. The highest BCUT2D eigenvalue weighted by atomic mass is 79.9. The fourth-order valence-electron chi connectivity index (χ4n) is 1.92. The molecule has 0 spiro atoms. The lowest BCUT2D eigenvalue weighted by Crippen LogP contribution is -2.11. The molecule has 2 rings (SSSR count). The van der Waals surface area contributed by atoms with E-state index in [0.29, 0.717) is 34.3 Å². The zero-order valence-electron chi connectivity index (χ0n) is 8.50. The predicted octanol–water partition coefficient (Wildman–Crippen LogP) is 3.65. The highest BCUT2D eigenvalue weighted by Crippen LogP contribution is 2.29. The minimum atomic E-state index is -0.138. The molecule has 4 heteroatoms. The van der Waals surface area contributed by atoms with Crippen LogP contribution in [0.3, 0.4) is 0 Å². The molecule has 1 aromatic carbocycles. The lowest BCUT2D eigenvalue weighted by Gasteiger charge is -2.07. The number of carbonyl (C=O) groups excluding carboxylic acids is 2. The van der Waals surface area contributed by atoms with Gasteiger partial charge in [0.05, 0.1) is 5.02 Å². The summed E-state index contributed by atoms with van der Waals surface area (Å²) in [6, 6.07) is 5.11. The van der Waals surface area contributed by atoms with E-state index >= 15 is 0 Å². The molecule has 1 saturated carbocycles. The normalized spacial score (nSPS) is 20.1. The average molecular weight is 302 g/mol. The van der Waals surface area contributed by atoms with Gasteiger partial charge in [-0.15, -0.1) is 0 Å². The largest absolute Gasteiger partial charge is 0.300 e. The van der Waals surface area contributed by atoms with Gasteiger partial charge >= 0.3 is 0 Å². The van der Waals surface area contributed by atoms with E-state index in [0.717, 1.165) is 0 Å². The summed E-state index contributed by atoms with van der Waals surface area (Å²) in [7, 11) is 0. The van der Waals surface area contributed by atoms with Crippen LogP contribution in [0.4, 0.5) is 0 Å². The second kappa shape index (κ2) is 4.68. The van der Waals surface area contributed by atoms with Gasteiger partial charge in [0.2, 0.25) is 0 Å². The Morgan fingerprint density at radius 2 is 2.19 bits per heavy atom. The van der Waals surface area contributed by atoms with Crippen LogP contribution in [0.25, 0.3) is 0 Å². The maximum Gasteiger partial charge on any atom is 0.166 e. The first kappa shape index (κ1) is 11.8. The first-order chi connectivity index (χ1) is 7.58. The van der Waals surface area contributed by atoms with E-state index in [-0.39, 0.29) is 17.5 Å². The summed E-state index contributed by atoms with van der Waals surface area (Å²) >= 11 is 9.14. The van der Waals surface area contributed by atoms with Gasteiger partial charge in [-0.2, -0.15) is 0 Å². The van der Waals surface area contributed by atoms with Crippen LogP contribution in [0.2, 0.25) is 5.02 Å². The van der Waals surface area contributed by atoms with Crippen LogP contribution in [0.1, 0.15) is 29.6 Å². The second-order valence-corrected chi connectivity index (χ2v) is 5.23. The average Bonchev–Trinajstić information content (AvgIpc) is 2.68. The Bertz CT molecular complexity index is 456. The molecule has 0 amide bonds. The van der Waals surface area contributed by atoms with E-state index < -0.39 is 0 Å². The first-order valence-corrected chi connectivity index (χ1v) is 6.26. The predicted molar refractivity (Wildman–Crippen MR) is 65.8 cm³/mol. The molecule has 1 fully saturated rings. The van der Waals surface area contributed by atoms with Crippen molar-refractivity contribution in [1.29, 1.82) is 0 Å². The van der Waals surface area contributed by atoms with Crippen molar-refractivity contribution in [2.45, 2.75) is 19.3 Å². The molecule has 1 unspecified atom stereocenters. The van der Waals surface area contributed by atoms with Crippen molar-refractivity contribution in [2.75, 3.05) is 0 Å². The number of hydrogen-bond donors (Lipinski definition) is 0. The fraction of sp³-hybridized carbons (Fsp3) is 0.333. The number of ketones is 2. The van der Waals surface area contributed by atoms with Crippen molar-refractivity contribution in [3.8, 4) is 0 Å². The summed E-state index contributed by atoms with van der Waals surface area (Å²) in [6.45, 7) is 0. The molecular formula is C12H10BrClO2. The fourth-order valence-corrected chi connectivity index (χ4v) is 2.42. The number of halogens is 2. The number of hydrogen-bond acceptors (Lipinski definition) is 2. The molecule has 1 aliphatic carbocycles. The van der Waals surface area contributed by atoms with Crippen LogP contribution in [0.15, 0.2) is 22.7 Å². The van der Waals surface area contributed by atoms with E-state index in [2.05, 4.69) is 15.9 Å². The molecule has 1 aliphatic rings. The summed E-state index contributed by atoms with van der Waals surface area (Å²) in [5.74, 6) is 0.0928. The van der Waals surface area contributed by atoms with Crippen molar-refractivity contribution < 1.29 is 9.59 Å². The number of carbonyl (C=O) groups is 2. The van der Waals surface area contributed by atoms with Crippen LogP contribution in [-0.2, 0) is 4.79 Å². The van der Waals surface area contributed by atoms with Crippen LogP contribution in [0.5, 0.6) is 0 Å². The van der Waals surface area contributed by atoms with Gasteiger partial charge in [0.1, 0.15) is 5.78 Å². The van der Waals surface area contributed by atoms with Crippen LogP contribution in [0, 0.1) is 5.92 Å². The maximum absolute atomic E-state index is 12.0. The lowest BCUT2D eigenvalue weighted by atomic mass is 9.96. The molecule has 0 N–H and O–H groups in total. The number of benzene rings is 1. The van der Waals surface area contributed by atoms with Gasteiger partial charge in [0.15, 0.2) is 5.78 Å². The number of rotatable bonds is 2. The third kappa shape index (κ3) is 2.36. The van der Waals surface area contributed by atoms with Crippen molar-refractivity contribution in [3.63, 3.8) is 0 Å². The van der Waals surface area contributed by atoms with E-state index in [4.69, 9.17) is 11.6 Å². The summed E-state index contributed by atoms with van der Waals surface area (Å²) in [5.41, 5.74) is 0.621. The molecule has 0 heterocycles. The standard InChI is InChI=1S/C12H10BrClO2/c13-10-6-8(2-4-11(10)14)12(16)7-1-3-9(15)5-7/h2,4,6-7H,1,3,5H2. The summed E-state index contributed by atoms with van der Waals surface area (Å²) in [6.07, 6.45) is 1.60. The lowest BCUT2D eigenvalue weighted by molar-refractivity contribution is -0.117. The minimum Gasteiger partial charge on any atom is -0.300 e. The van der Waals surface area contributed by atoms with Crippen LogP contribution < -0.4 is 0 Å². The Hall–Kier alpha value is -0.670. The third-order valence-electron chi connectivity index (χ3n) is 2.82. The van der Waals surface area contributed by atoms with Crippen molar-refractivity contribution in [1.82, 2.24) is 0 Å². The van der Waals surface area contributed by atoms with E-state index in [1.807, 2.05) is 0 Å². The summed E-state index contributed by atoms with van der Waals surface area (Å²) < 4.78 is 0.712. The van der Waals surface area contributed by atoms with Crippen molar-refractivity contribution >= 4 is 39.1 Å². The Morgan fingerprint density at radius 3 is 2.75 bits per heavy atom. The zero-order chi connectivity index (χ0) is 11.7. The van der Waals surface area contributed by atoms with Gasteiger partial charge in [-0.05, 0) is 40.5 Å². The van der Waals surface area contributed by atoms with Crippen molar-refractivity contribution in [2.24, 2.45) is 5.92 Å².